The molecule has 0 spiro atoms. The van der Waals surface area contributed by atoms with Crippen LogP contribution in [0.15, 0.2) is 71.4 Å². The average Bonchev–Trinajstić information content (AvgIpc) is 3.49. The van der Waals surface area contributed by atoms with Crippen LogP contribution in [0.25, 0.3) is 6.08 Å². The van der Waals surface area contributed by atoms with E-state index in [4.69, 9.17) is 25.5 Å². The number of ether oxygens (including phenoxy) is 2. The lowest BCUT2D eigenvalue weighted by Crippen LogP contribution is -2.31. The maximum Gasteiger partial charge on any atom is 0.247 e. The molecule has 0 saturated heterocycles. The van der Waals surface area contributed by atoms with E-state index in [9.17, 15) is 4.79 Å². The quantitative estimate of drug-likeness (QED) is 0.401. The number of benzene rings is 2. The molecule has 4 rings (SSSR count). The van der Waals surface area contributed by atoms with Gasteiger partial charge in [0, 0.05) is 23.7 Å². The second-order valence-corrected chi connectivity index (χ2v) is 7.81. The Kier molecular flexibility index (Phi) is 6.63. The van der Waals surface area contributed by atoms with Crippen molar-refractivity contribution < 1.29 is 18.7 Å². The molecule has 1 fully saturated rings. The molecule has 0 unspecified atom stereocenters. The van der Waals surface area contributed by atoms with Gasteiger partial charge in [0.2, 0.25) is 5.91 Å². The van der Waals surface area contributed by atoms with Crippen molar-refractivity contribution in [2.75, 3.05) is 7.11 Å². The molecule has 0 aliphatic heterocycles. The van der Waals surface area contributed by atoms with Gasteiger partial charge in [-0.1, -0.05) is 35.9 Å². The molecule has 0 radical (unpaired) electrons. The summed E-state index contributed by atoms with van der Waals surface area (Å²) in [5.74, 6) is 1.95. The van der Waals surface area contributed by atoms with Crippen molar-refractivity contribution in [3.63, 3.8) is 0 Å². The van der Waals surface area contributed by atoms with Gasteiger partial charge in [-0.25, -0.2) is 0 Å². The summed E-state index contributed by atoms with van der Waals surface area (Å²) in [5.41, 5.74) is 1.80. The number of rotatable bonds is 9. The first-order chi connectivity index (χ1) is 15.1. The zero-order valence-corrected chi connectivity index (χ0v) is 18.0. The Hall–Kier alpha value is -3.18. The molecule has 5 nitrogen and oxygen atoms in total. The van der Waals surface area contributed by atoms with E-state index in [-0.39, 0.29) is 11.9 Å². The summed E-state index contributed by atoms with van der Waals surface area (Å²) in [7, 11) is 1.61. The van der Waals surface area contributed by atoms with Crippen molar-refractivity contribution in [1.29, 1.82) is 0 Å². The number of methoxy groups -OCH3 is 1. The molecule has 0 N–H and O–H groups in total. The molecule has 1 heterocycles. The highest BCUT2D eigenvalue weighted by molar-refractivity contribution is 6.32. The first kappa shape index (κ1) is 21.1. The highest BCUT2D eigenvalue weighted by atomic mass is 35.5. The summed E-state index contributed by atoms with van der Waals surface area (Å²) in [6, 6.07) is 17.1. The molecule has 0 atom stereocenters. The fraction of sp³-hybridized carbons (Fsp3) is 0.240. The standard InChI is InChI=1S/C25H24ClNO4/c1-29-23-12-8-18(15-24(23)31-17-21-6-4-14-30-21)16-27(20-10-11-20)25(28)13-9-19-5-2-3-7-22(19)26/h2-9,12-15,20H,10-11,16-17H2,1H3. The molecule has 31 heavy (non-hydrogen) atoms. The fourth-order valence-corrected chi connectivity index (χ4v) is 3.51. The molecule has 2 aromatic carbocycles. The van der Waals surface area contributed by atoms with Crippen LogP contribution in [0.1, 0.15) is 29.7 Å². The van der Waals surface area contributed by atoms with Gasteiger partial charge < -0.3 is 18.8 Å². The zero-order valence-electron chi connectivity index (χ0n) is 17.3. The Morgan fingerprint density at radius 3 is 2.71 bits per heavy atom. The van der Waals surface area contributed by atoms with Crippen molar-refractivity contribution in [2.45, 2.75) is 32.0 Å². The van der Waals surface area contributed by atoms with E-state index in [1.54, 1.807) is 25.5 Å². The lowest BCUT2D eigenvalue weighted by molar-refractivity contribution is -0.127. The number of hydrogen-bond donors (Lipinski definition) is 0. The average molecular weight is 438 g/mol. The Labute approximate surface area is 186 Å². The molecular formula is C25H24ClNO4. The molecule has 6 heteroatoms. The first-order valence-electron chi connectivity index (χ1n) is 10.2. The number of nitrogens with zero attached hydrogens (tertiary/aromatic N) is 1. The summed E-state index contributed by atoms with van der Waals surface area (Å²) in [6.07, 6.45) is 7.01. The van der Waals surface area contributed by atoms with Crippen LogP contribution in [0.3, 0.4) is 0 Å². The summed E-state index contributed by atoms with van der Waals surface area (Å²) in [4.78, 5) is 14.8. The van der Waals surface area contributed by atoms with Crippen molar-refractivity contribution in [2.24, 2.45) is 0 Å². The van der Waals surface area contributed by atoms with Gasteiger partial charge in [0.1, 0.15) is 12.4 Å². The van der Waals surface area contributed by atoms with E-state index >= 15 is 0 Å². The fourth-order valence-electron chi connectivity index (χ4n) is 3.31. The molecule has 1 saturated carbocycles. The van der Waals surface area contributed by atoms with Crippen molar-refractivity contribution in [1.82, 2.24) is 4.90 Å². The normalized spacial score (nSPS) is 13.4. The predicted octanol–water partition coefficient (Wildman–Crippen LogP) is 5.73. The van der Waals surface area contributed by atoms with E-state index in [1.165, 1.54) is 0 Å². The van der Waals surface area contributed by atoms with Crippen molar-refractivity contribution >= 4 is 23.6 Å². The SMILES string of the molecule is COc1ccc(CN(C(=O)C=Cc2ccccc2Cl)C2CC2)cc1OCc1ccco1. The highest BCUT2D eigenvalue weighted by Gasteiger charge is 2.31. The molecule has 3 aromatic rings. The van der Waals surface area contributed by atoms with E-state index in [2.05, 4.69) is 0 Å². The van der Waals surface area contributed by atoms with Crippen molar-refractivity contribution in [3.8, 4) is 11.5 Å². The number of amides is 1. The van der Waals surface area contributed by atoms with Crippen LogP contribution in [0.4, 0.5) is 0 Å². The first-order valence-corrected chi connectivity index (χ1v) is 10.6. The Bertz CT molecular complexity index is 1060. The summed E-state index contributed by atoms with van der Waals surface area (Å²) in [5, 5.41) is 0.623. The minimum absolute atomic E-state index is 0.0312. The molecule has 1 aliphatic carbocycles. The van der Waals surface area contributed by atoms with E-state index in [0.717, 1.165) is 29.7 Å². The van der Waals surface area contributed by atoms with Crippen molar-refractivity contribution in [3.05, 3.63) is 88.8 Å². The third kappa shape index (κ3) is 5.50. The Morgan fingerprint density at radius 1 is 1.16 bits per heavy atom. The van der Waals surface area contributed by atoms with Crippen LogP contribution in [0.5, 0.6) is 11.5 Å². The van der Waals surface area contributed by atoms with Gasteiger partial charge >= 0.3 is 0 Å². The molecule has 1 aromatic heterocycles. The molecule has 1 aliphatic rings. The van der Waals surface area contributed by atoms with Crippen LogP contribution >= 0.6 is 11.6 Å². The van der Waals surface area contributed by atoms with Gasteiger partial charge in [-0.2, -0.15) is 0 Å². The third-order valence-electron chi connectivity index (χ3n) is 5.11. The van der Waals surface area contributed by atoms with Gasteiger partial charge in [0.25, 0.3) is 0 Å². The van der Waals surface area contributed by atoms with Gasteiger partial charge in [0.05, 0.1) is 13.4 Å². The molecule has 160 valence electrons. The predicted molar refractivity (Wildman–Crippen MR) is 120 cm³/mol. The lowest BCUT2D eigenvalue weighted by atomic mass is 10.1. The second kappa shape index (κ2) is 9.75. The zero-order chi connectivity index (χ0) is 21.6. The van der Waals surface area contributed by atoms with E-state index in [0.29, 0.717) is 29.7 Å². The van der Waals surface area contributed by atoms with E-state index < -0.39 is 0 Å². The van der Waals surface area contributed by atoms with Gasteiger partial charge in [-0.15, -0.1) is 0 Å². The van der Waals surface area contributed by atoms with Gasteiger partial charge in [-0.3, -0.25) is 4.79 Å². The van der Waals surface area contributed by atoms with Gasteiger partial charge in [0.15, 0.2) is 11.5 Å². The molecular weight excluding hydrogens is 414 g/mol. The highest BCUT2D eigenvalue weighted by Crippen LogP contribution is 2.32. The number of halogens is 1. The maximum atomic E-state index is 12.9. The topological polar surface area (TPSA) is 51.9 Å². The molecule has 0 bridgehead atoms. The summed E-state index contributed by atoms with van der Waals surface area (Å²) >= 11 is 6.20. The number of hydrogen-bond acceptors (Lipinski definition) is 4. The number of furan rings is 1. The Balaban J connectivity index is 1.48. The minimum Gasteiger partial charge on any atom is -0.493 e. The van der Waals surface area contributed by atoms with Crippen LogP contribution in [-0.2, 0) is 17.9 Å². The monoisotopic (exact) mass is 437 g/mol. The minimum atomic E-state index is -0.0312. The summed E-state index contributed by atoms with van der Waals surface area (Å²) in [6.45, 7) is 0.802. The smallest absolute Gasteiger partial charge is 0.247 e. The summed E-state index contributed by atoms with van der Waals surface area (Å²) < 4.78 is 16.7. The van der Waals surface area contributed by atoms with Gasteiger partial charge in [-0.05, 0) is 60.4 Å². The van der Waals surface area contributed by atoms with E-state index in [1.807, 2.05) is 59.5 Å². The third-order valence-corrected chi connectivity index (χ3v) is 5.46. The van der Waals surface area contributed by atoms with Crippen LogP contribution in [0.2, 0.25) is 5.02 Å². The van der Waals surface area contributed by atoms with Crippen LogP contribution in [-0.4, -0.2) is 24.0 Å². The lowest BCUT2D eigenvalue weighted by Gasteiger charge is -2.22. The van der Waals surface area contributed by atoms with Crippen LogP contribution in [0, 0.1) is 0 Å². The molecule has 1 amide bonds. The Morgan fingerprint density at radius 2 is 2.00 bits per heavy atom. The number of carbonyl (C=O) groups is 1. The van der Waals surface area contributed by atoms with Crippen LogP contribution < -0.4 is 9.47 Å². The second-order valence-electron chi connectivity index (χ2n) is 7.41. The number of carbonyl (C=O) groups excluding carboxylic acids is 1. The maximum absolute atomic E-state index is 12.9. The largest absolute Gasteiger partial charge is 0.493 e.